The Bertz CT molecular complexity index is 959. The fourth-order valence-corrected chi connectivity index (χ4v) is 3.65. The van der Waals surface area contributed by atoms with Gasteiger partial charge >= 0.3 is 0 Å². The number of rotatable bonds is 5. The summed E-state index contributed by atoms with van der Waals surface area (Å²) in [4.78, 5) is 23.8. The van der Waals surface area contributed by atoms with Gasteiger partial charge in [-0.1, -0.05) is 36.4 Å². The van der Waals surface area contributed by atoms with Crippen molar-refractivity contribution in [3.05, 3.63) is 60.0 Å². The zero-order chi connectivity index (χ0) is 20.2. The zero-order valence-electron chi connectivity index (χ0n) is 16.9. The molecule has 0 atom stereocenters. The number of amides is 1. The molecule has 0 unspecified atom stereocenters. The lowest BCUT2D eigenvalue weighted by Gasteiger charge is -2.31. The number of carbonyl (C=O) groups excluding carboxylic acids is 1. The smallest absolute Gasteiger partial charge is 0.228 e. The minimum atomic E-state index is 0.0143. The van der Waals surface area contributed by atoms with Crippen molar-refractivity contribution in [1.82, 2.24) is 24.6 Å². The van der Waals surface area contributed by atoms with Crippen LogP contribution >= 0.6 is 0 Å². The van der Waals surface area contributed by atoms with Gasteiger partial charge in [-0.25, -0.2) is 14.6 Å². The summed E-state index contributed by atoms with van der Waals surface area (Å²) in [6, 6.07) is 13.9. The number of hydrogen-bond donors (Lipinski definition) is 1. The van der Waals surface area contributed by atoms with Gasteiger partial charge in [0.1, 0.15) is 11.6 Å². The summed E-state index contributed by atoms with van der Waals surface area (Å²) in [7, 11) is 0. The van der Waals surface area contributed by atoms with Crippen LogP contribution in [0.3, 0.4) is 0 Å². The molecule has 0 aliphatic carbocycles. The van der Waals surface area contributed by atoms with E-state index in [4.69, 9.17) is 0 Å². The summed E-state index contributed by atoms with van der Waals surface area (Å²) in [5.74, 6) is 2.34. The first-order valence-corrected chi connectivity index (χ1v) is 10.0. The Hall–Kier alpha value is -3.06. The van der Waals surface area contributed by atoms with E-state index in [2.05, 4.69) is 37.4 Å². The SMILES string of the molecule is Cc1ccc(NC(=O)C2CCN(Cn3nc(C)nc3-c3ccccc3)CC2)nc1. The highest BCUT2D eigenvalue weighted by Gasteiger charge is 2.26. The van der Waals surface area contributed by atoms with Crippen molar-refractivity contribution in [2.75, 3.05) is 18.4 Å². The lowest BCUT2D eigenvalue weighted by molar-refractivity contribution is -0.121. The van der Waals surface area contributed by atoms with Crippen LogP contribution in [-0.4, -0.2) is 43.6 Å². The van der Waals surface area contributed by atoms with Gasteiger partial charge in [0.25, 0.3) is 0 Å². The number of piperidine rings is 1. The van der Waals surface area contributed by atoms with Crippen molar-refractivity contribution >= 4 is 11.7 Å². The van der Waals surface area contributed by atoms with E-state index in [1.54, 1.807) is 6.20 Å². The number of nitrogens with one attached hydrogen (secondary N) is 1. The van der Waals surface area contributed by atoms with Gasteiger partial charge in [-0.05, 0) is 38.3 Å². The van der Waals surface area contributed by atoms with Gasteiger partial charge in [-0.2, -0.15) is 5.10 Å². The first-order chi connectivity index (χ1) is 14.1. The van der Waals surface area contributed by atoms with Crippen LogP contribution in [0.25, 0.3) is 11.4 Å². The highest BCUT2D eigenvalue weighted by molar-refractivity contribution is 5.91. The first-order valence-electron chi connectivity index (χ1n) is 10.0. The molecule has 2 aromatic heterocycles. The van der Waals surface area contributed by atoms with Gasteiger partial charge in [0.2, 0.25) is 5.91 Å². The number of aryl methyl sites for hydroxylation is 2. The molecule has 1 amide bonds. The van der Waals surface area contributed by atoms with Crippen LogP contribution in [0.15, 0.2) is 48.7 Å². The fourth-order valence-electron chi connectivity index (χ4n) is 3.65. The Balaban J connectivity index is 1.35. The van der Waals surface area contributed by atoms with E-state index in [-0.39, 0.29) is 11.8 Å². The number of hydrogen-bond acceptors (Lipinski definition) is 5. The van der Waals surface area contributed by atoms with E-state index < -0.39 is 0 Å². The van der Waals surface area contributed by atoms with E-state index >= 15 is 0 Å². The molecule has 29 heavy (non-hydrogen) atoms. The van der Waals surface area contributed by atoms with Crippen molar-refractivity contribution in [3.8, 4) is 11.4 Å². The first kappa shape index (κ1) is 19.3. The third-order valence-electron chi connectivity index (χ3n) is 5.26. The van der Waals surface area contributed by atoms with Crippen molar-refractivity contribution in [3.63, 3.8) is 0 Å². The van der Waals surface area contributed by atoms with Gasteiger partial charge in [-0.15, -0.1) is 0 Å². The maximum Gasteiger partial charge on any atom is 0.228 e. The minimum Gasteiger partial charge on any atom is -0.310 e. The monoisotopic (exact) mass is 390 g/mol. The van der Waals surface area contributed by atoms with Gasteiger partial charge in [0, 0.05) is 30.8 Å². The molecule has 1 N–H and O–H groups in total. The fraction of sp³-hybridized carbons (Fsp3) is 0.364. The molecule has 150 valence electrons. The van der Waals surface area contributed by atoms with Gasteiger partial charge in [0.05, 0.1) is 6.67 Å². The zero-order valence-corrected chi connectivity index (χ0v) is 16.9. The van der Waals surface area contributed by atoms with E-state index in [1.807, 2.05) is 48.9 Å². The van der Waals surface area contributed by atoms with Crippen LogP contribution in [0.1, 0.15) is 24.2 Å². The molecule has 3 aromatic rings. The van der Waals surface area contributed by atoms with E-state index in [1.165, 1.54) is 0 Å². The van der Waals surface area contributed by atoms with Crippen molar-refractivity contribution < 1.29 is 4.79 Å². The van der Waals surface area contributed by atoms with Crippen molar-refractivity contribution in [2.45, 2.75) is 33.4 Å². The van der Waals surface area contributed by atoms with E-state index in [9.17, 15) is 4.79 Å². The number of pyridine rings is 1. The van der Waals surface area contributed by atoms with Crippen LogP contribution in [0, 0.1) is 19.8 Å². The van der Waals surface area contributed by atoms with Crippen LogP contribution < -0.4 is 5.32 Å². The van der Waals surface area contributed by atoms with Gasteiger partial charge in [-0.3, -0.25) is 9.69 Å². The van der Waals surface area contributed by atoms with Crippen LogP contribution in [0.2, 0.25) is 0 Å². The summed E-state index contributed by atoms with van der Waals surface area (Å²) in [6.07, 6.45) is 3.42. The highest BCUT2D eigenvalue weighted by Crippen LogP contribution is 2.22. The molecule has 7 heteroatoms. The molecule has 0 spiro atoms. The Morgan fingerprint density at radius 3 is 2.55 bits per heavy atom. The molecule has 0 bridgehead atoms. The molecule has 4 rings (SSSR count). The maximum atomic E-state index is 12.6. The van der Waals surface area contributed by atoms with Gasteiger partial charge < -0.3 is 5.32 Å². The second-order valence-corrected chi connectivity index (χ2v) is 7.59. The highest BCUT2D eigenvalue weighted by atomic mass is 16.1. The van der Waals surface area contributed by atoms with Crippen LogP contribution in [0.5, 0.6) is 0 Å². The van der Waals surface area contributed by atoms with Crippen molar-refractivity contribution in [1.29, 1.82) is 0 Å². The molecule has 1 fully saturated rings. The Labute approximate surface area is 170 Å². The summed E-state index contributed by atoms with van der Waals surface area (Å²) >= 11 is 0. The molecule has 1 aliphatic heterocycles. The standard InChI is InChI=1S/C22H26N6O/c1-16-8-9-20(23-14-16)25-22(29)19-10-12-27(13-11-19)15-28-21(24-17(2)26-28)18-6-4-3-5-7-18/h3-9,14,19H,10-13,15H2,1-2H3,(H,23,25,29). The summed E-state index contributed by atoms with van der Waals surface area (Å²) < 4.78 is 1.96. The maximum absolute atomic E-state index is 12.6. The van der Waals surface area contributed by atoms with Crippen LogP contribution in [0.4, 0.5) is 5.82 Å². The summed E-state index contributed by atoms with van der Waals surface area (Å²) in [5.41, 5.74) is 2.14. The molecule has 1 aliphatic rings. The van der Waals surface area contributed by atoms with Crippen LogP contribution in [-0.2, 0) is 11.5 Å². The number of benzene rings is 1. The number of nitrogens with zero attached hydrogens (tertiary/aromatic N) is 5. The third kappa shape index (κ3) is 4.68. The summed E-state index contributed by atoms with van der Waals surface area (Å²) in [6.45, 7) is 6.28. The third-order valence-corrected chi connectivity index (χ3v) is 5.26. The number of likely N-dealkylation sites (tertiary alicyclic amines) is 1. The largest absolute Gasteiger partial charge is 0.310 e. The molecule has 3 heterocycles. The predicted molar refractivity (Wildman–Crippen MR) is 112 cm³/mol. The number of aromatic nitrogens is 4. The van der Waals surface area contributed by atoms with Crippen molar-refractivity contribution in [2.24, 2.45) is 5.92 Å². The Morgan fingerprint density at radius 2 is 1.86 bits per heavy atom. The predicted octanol–water partition coefficient (Wildman–Crippen LogP) is 3.27. The molecule has 0 radical (unpaired) electrons. The Morgan fingerprint density at radius 1 is 1.10 bits per heavy atom. The van der Waals surface area contributed by atoms with E-state index in [0.29, 0.717) is 12.5 Å². The molecule has 0 saturated carbocycles. The molecule has 7 nitrogen and oxygen atoms in total. The normalized spacial score (nSPS) is 15.4. The molecule has 1 aromatic carbocycles. The Kier molecular flexibility index (Phi) is 5.67. The van der Waals surface area contributed by atoms with Gasteiger partial charge in [0.15, 0.2) is 5.82 Å². The lowest BCUT2D eigenvalue weighted by Crippen LogP contribution is -2.39. The second-order valence-electron chi connectivity index (χ2n) is 7.59. The number of carbonyl (C=O) groups is 1. The summed E-state index contributed by atoms with van der Waals surface area (Å²) in [5, 5.41) is 7.52. The van der Waals surface area contributed by atoms with E-state index in [0.717, 1.165) is 48.7 Å². The molecular weight excluding hydrogens is 364 g/mol. The number of anilines is 1. The quantitative estimate of drug-likeness (QED) is 0.724. The minimum absolute atomic E-state index is 0.0143. The molecular formula is C22H26N6O. The second kappa shape index (κ2) is 8.53. The topological polar surface area (TPSA) is 75.9 Å². The molecule has 1 saturated heterocycles. The lowest BCUT2D eigenvalue weighted by atomic mass is 9.96. The average molecular weight is 390 g/mol. The average Bonchev–Trinajstić information content (AvgIpc) is 3.11.